The van der Waals surface area contributed by atoms with Crippen molar-refractivity contribution in [1.82, 2.24) is 9.97 Å². The molecule has 2 heterocycles. The van der Waals surface area contributed by atoms with Crippen molar-refractivity contribution in [2.75, 3.05) is 11.9 Å². The maximum Gasteiger partial charge on any atom is 0.341 e. The van der Waals surface area contributed by atoms with E-state index in [-0.39, 0.29) is 25.4 Å². The Bertz CT molecular complexity index is 1010. The number of benzene rings is 1. The fourth-order valence-corrected chi connectivity index (χ4v) is 2.70. The van der Waals surface area contributed by atoms with Crippen molar-refractivity contribution in [1.29, 1.82) is 0 Å². The smallest absolute Gasteiger partial charge is 0.341 e. The number of aryl methyl sites for hydroxylation is 1. The Morgan fingerprint density at radius 3 is 2.50 bits per heavy atom. The van der Waals surface area contributed by atoms with E-state index in [1.54, 1.807) is 31.2 Å². The van der Waals surface area contributed by atoms with Gasteiger partial charge in [-0.05, 0) is 43.7 Å². The van der Waals surface area contributed by atoms with Crippen LogP contribution in [-0.2, 0) is 16.0 Å². The number of hydrogen-bond acceptors (Lipinski definition) is 6. The molecule has 2 aromatic heterocycles. The quantitative estimate of drug-likeness (QED) is 0.604. The largest absolute Gasteiger partial charge is 0.481 e. The first-order valence-corrected chi connectivity index (χ1v) is 8.49. The molecule has 0 aliphatic carbocycles. The van der Waals surface area contributed by atoms with E-state index in [1.807, 2.05) is 19.1 Å². The Kier molecular flexibility index (Phi) is 6.89. The Hall–Kier alpha value is -3.19. The third-order valence-corrected chi connectivity index (χ3v) is 3.94. The molecular weight excluding hydrogens is 382 g/mol. The molecule has 3 aromatic rings. The van der Waals surface area contributed by atoms with Gasteiger partial charge in [-0.2, -0.15) is 0 Å². The lowest BCUT2D eigenvalue weighted by molar-refractivity contribution is -0.136. The van der Waals surface area contributed by atoms with Crippen LogP contribution in [0.3, 0.4) is 0 Å². The number of anilines is 2. The van der Waals surface area contributed by atoms with E-state index < -0.39 is 11.9 Å². The van der Waals surface area contributed by atoms with E-state index in [4.69, 9.17) is 9.84 Å². The summed E-state index contributed by atoms with van der Waals surface area (Å²) in [5.41, 5.74) is 3.61. The number of hydrogen-bond donors (Lipinski definition) is 2. The van der Waals surface area contributed by atoms with Gasteiger partial charge in [0.15, 0.2) is 5.65 Å². The van der Waals surface area contributed by atoms with Crippen LogP contribution in [0.2, 0.25) is 0 Å². The number of fused-ring (bicyclic) bond motifs is 1. The zero-order valence-electron chi connectivity index (χ0n) is 15.4. The van der Waals surface area contributed by atoms with Crippen LogP contribution in [0.4, 0.5) is 11.4 Å². The molecule has 0 amide bonds. The number of ether oxygens (including phenoxy) is 1. The Balaban J connectivity index is 0.00000280. The van der Waals surface area contributed by atoms with Crippen LogP contribution in [0.15, 0.2) is 42.6 Å². The van der Waals surface area contributed by atoms with Gasteiger partial charge in [0.25, 0.3) is 0 Å². The maximum atomic E-state index is 12.4. The second kappa shape index (κ2) is 9.14. The van der Waals surface area contributed by atoms with Crippen LogP contribution in [0, 0.1) is 6.92 Å². The number of aliphatic carboxylic acids is 1. The van der Waals surface area contributed by atoms with E-state index in [0.717, 1.165) is 5.69 Å². The minimum absolute atomic E-state index is 0. The van der Waals surface area contributed by atoms with Gasteiger partial charge in [-0.25, -0.2) is 14.8 Å². The Morgan fingerprint density at radius 2 is 1.86 bits per heavy atom. The van der Waals surface area contributed by atoms with Crippen LogP contribution < -0.4 is 5.32 Å². The molecule has 0 aliphatic heterocycles. The monoisotopic (exact) mass is 401 g/mol. The predicted molar refractivity (Wildman–Crippen MR) is 109 cm³/mol. The van der Waals surface area contributed by atoms with E-state index in [2.05, 4.69) is 15.3 Å². The molecule has 0 atom stereocenters. The molecule has 146 valence electrons. The topological polar surface area (TPSA) is 101 Å². The van der Waals surface area contributed by atoms with Crippen LogP contribution >= 0.6 is 12.4 Å². The second-order valence-electron chi connectivity index (χ2n) is 5.98. The predicted octanol–water partition coefficient (Wildman–Crippen LogP) is 3.91. The Morgan fingerprint density at radius 1 is 1.14 bits per heavy atom. The summed E-state index contributed by atoms with van der Waals surface area (Å²) in [5, 5.41) is 12.8. The number of pyridine rings is 2. The first-order valence-electron chi connectivity index (χ1n) is 8.49. The van der Waals surface area contributed by atoms with Crippen molar-refractivity contribution < 1.29 is 19.4 Å². The standard InChI is InChI=1S/C20H19N3O4.ClH/c1-3-27-20(26)16-11-21-19-15(9-4-12(2)22-19)18(16)23-14-7-5-13(6-8-14)10-17(24)25;/h4-9,11H,3,10H2,1-2H3,(H,24,25)(H,21,22,23);1H. The molecule has 0 bridgehead atoms. The lowest BCUT2D eigenvalue weighted by atomic mass is 10.1. The summed E-state index contributed by atoms with van der Waals surface area (Å²) in [5.74, 6) is -1.36. The molecular formula is C20H20ClN3O4. The van der Waals surface area contributed by atoms with Crippen molar-refractivity contribution in [3.05, 3.63) is 59.4 Å². The number of carbonyl (C=O) groups is 2. The highest BCUT2D eigenvalue weighted by Crippen LogP contribution is 2.29. The number of rotatable bonds is 6. The minimum atomic E-state index is -0.887. The minimum Gasteiger partial charge on any atom is -0.481 e. The first kappa shape index (κ1) is 21.1. The van der Waals surface area contributed by atoms with Gasteiger partial charge in [-0.3, -0.25) is 4.79 Å². The molecule has 8 heteroatoms. The number of carboxylic acids is 1. The number of halogens is 1. The molecule has 0 aliphatic rings. The molecule has 2 N–H and O–H groups in total. The normalized spacial score (nSPS) is 10.2. The molecule has 0 fully saturated rings. The lowest BCUT2D eigenvalue weighted by Crippen LogP contribution is -2.09. The summed E-state index contributed by atoms with van der Waals surface area (Å²) in [6.07, 6.45) is 1.41. The zero-order valence-corrected chi connectivity index (χ0v) is 16.2. The van der Waals surface area contributed by atoms with Crippen LogP contribution in [-0.4, -0.2) is 33.6 Å². The van der Waals surface area contributed by atoms with E-state index >= 15 is 0 Å². The molecule has 0 saturated carbocycles. The molecule has 0 spiro atoms. The molecule has 7 nitrogen and oxygen atoms in total. The van der Waals surface area contributed by atoms with Gasteiger partial charge < -0.3 is 15.2 Å². The van der Waals surface area contributed by atoms with Crippen molar-refractivity contribution in [3.8, 4) is 0 Å². The average molecular weight is 402 g/mol. The lowest BCUT2D eigenvalue weighted by Gasteiger charge is -2.14. The SMILES string of the molecule is CCOC(=O)c1cnc2nc(C)ccc2c1Nc1ccc(CC(=O)O)cc1.Cl. The summed E-state index contributed by atoms with van der Waals surface area (Å²) in [7, 11) is 0. The maximum absolute atomic E-state index is 12.4. The van der Waals surface area contributed by atoms with Gasteiger partial charge in [-0.15, -0.1) is 12.4 Å². The van der Waals surface area contributed by atoms with Gasteiger partial charge in [-0.1, -0.05) is 12.1 Å². The average Bonchev–Trinajstić information content (AvgIpc) is 2.63. The molecule has 28 heavy (non-hydrogen) atoms. The summed E-state index contributed by atoms with van der Waals surface area (Å²) < 4.78 is 5.14. The zero-order chi connectivity index (χ0) is 19.4. The highest BCUT2D eigenvalue weighted by molar-refractivity contribution is 6.05. The van der Waals surface area contributed by atoms with Crippen LogP contribution in [0.1, 0.15) is 28.5 Å². The number of esters is 1. The molecule has 1 aromatic carbocycles. The molecule has 0 saturated heterocycles. The fraction of sp³-hybridized carbons (Fsp3) is 0.200. The third-order valence-electron chi connectivity index (χ3n) is 3.94. The number of carboxylic acid groups (broad SMARTS) is 1. The summed E-state index contributed by atoms with van der Waals surface area (Å²) in [6.45, 7) is 3.87. The van der Waals surface area contributed by atoms with Gasteiger partial charge in [0.1, 0.15) is 5.56 Å². The summed E-state index contributed by atoms with van der Waals surface area (Å²) in [6, 6.07) is 10.7. The van der Waals surface area contributed by atoms with E-state index in [0.29, 0.717) is 33.5 Å². The van der Waals surface area contributed by atoms with Gasteiger partial charge in [0, 0.05) is 23.0 Å². The highest BCUT2D eigenvalue weighted by atomic mass is 35.5. The number of nitrogens with zero attached hydrogens (tertiary/aromatic N) is 2. The van der Waals surface area contributed by atoms with Crippen LogP contribution in [0.5, 0.6) is 0 Å². The fourth-order valence-electron chi connectivity index (χ4n) is 2.70. The van der Waals surface area contributed by atoms with Crippen molar-refractivity contribution in [2.45, 2.75) is 20.3 Å². The van der Waals surface area contributed by atoms with Gasteiger partial charge in [0.2, 0.25) is 0 Å². The number of aromatic nitrogens is 2. The van der Waals surface area contributed by atoms with Gasteiger partial charge in [0.05, 0.1) is 18.7 Å². The van der Waals surface area contributed by atoms with Gasteiger partial charge >= 0.3 is 11.9 Å². The first-order chi connectivity index (χ1) is 13.0. The summed E-state index contributed by atoms with van der Waals surface area (Å²) in [4.78, 5) is 31.9. The number of carbonyl (C=O) groups excluding carboxylic acids is 1. The second-order valence-corrected chi connectivity index (χ2v) is 5.98. The van der Waals surface area contributed by atoms with Crippen molar-refractivity contribution in [2.24, 2.45) is 0 Å². The third kappa shape index (κ3) is 4.75. The van der Waals surface area contributed by atoms with Crippen molar-refractivity contribution in [3.63, 3.8) is 0 Å². The summed E-state index contributed by atoms with van der Waals surface area (Å²) >= 11 is 0. The molecule has 0 radical (unpaired) electrons. The van der Waals surface area contributed by atoms with E-state index in [1.165, 1.54) is 6.20 Å². The van der Waals surface area contributed by atoms with E-state index in [9.17, 15) is 9.59 Å². The molecule has 3 rings (SSSR count). The molecule has 0 unspecified atom stereocenters. The number of nitrogens with one attached hydrogen (secondary N) is 1. The van der Waals surface area contributed by atoms with Crippen molar-refractivity contribution >= 4 is 46.8 Å². The Labute approximate surface area is 168 Å². The highest BCUT2D eigenvalue weighted by Gasteiger charge is 2.17. The van der Waals surface area contributed by atoms with Crippen LogP contribution in [0.25, 0.3) is 11.0 Å².